The third-order valence-corrected chi connectivity index (χ3v) is 2.38. The summed E-state index contributed by atoms with van der Waals surface area (Å²) in [5.74, 6) is 0.233. The molecule has 0 aliphatic heterocycles. The van der Waals surface area contributed by atoms with Crippen LogP contribution in [-0.2, 0) is 5.75 Å². The molecule has 0 nitrogen and oxygen atoms in total. The van der Waals surface area contributed by atoms with E-state index in [1.807, 2.05) is 18.2 Å². The number of rotatable bonds is 3. The predicted octanol–water partition coefficient (Wildman–Crippen LogP) is 3.71. The number of benzene rings is 1. The lowest BCUT2D eigenvalue weighted by atomic mass is 10.2. The van der Waals surface area contributed by atoms with Crippen LogP contribution in [0.15, 0.2) is 30.3 Å². The van der Waals surface area contributed by atoms with E-state index in [0.717, 1.165) is 5.56 Å². The fraction of sp³-hybridized carbons (Fsp3) is 0.250. The van der Waals surface area contributed by atoms with Crippen LogP contribution < -0.4 is 0 Å². The van der Waals surface area contributed by atoms with Gasteiger partial charge in [-0.15, -0.1) is 0 Å². The van der Waals surface area contributed by atoms with E-state index in [2.05, 4.69) is 0 Å². The summed E-state index contributed by atoms with van der Waals surface area (Å²) in [6.45, 7) is 0. The third-order valence-electron chi connectivity index (χ3n) is 1.25. The van der Waals surface area contributed by atoms with Gasteiger partial charge in [0.05, 0.1) is 0 Å². The first-order valence-corrected chi connectivity index (χ1v) is 4.69. The fourth-order valence-electron chi connectivity index (χ4n) is 0.739. The monoisotopic (exact) mass is 208 g/mol. The molecule has 0 spiro atoms. The van der Waals surface area contributed by atoms with Gasteiger partial charge in [0, 0.05) is 5.75 Å². The molecule has 0 aliphatic carbocycles. The van der Waals surface area contributed by atoms with Gasteiger partial charge in [0.1, 0.15) is 0 Å². The van der Waals surface area contributed by atoms with Crippen molar-refractivity contribution in [2.45, 2.75) is 10.5 Å². The van der Waals surface area contributed by atoms with E-state index in [1.54, 1.807) is 12.1 Å². The normalized spacial score (nSPS) is 11.6. The van der Waals surface area contributed by atoms with Gasteiger partial charge in [-0.25, -0.2) is 0 Å². The summed E-state index contributed by atoms with van der Waals surface area (Å²) in [6, 6.07) is 9.03. The van der Waals surface area contributed by atoms with Crippen molar-refractivity contribution >= 4 is 23.4 Å². The molecule has 0 saturated heterocycles. The van der Waals surface area contributed by atoms with Gasteiger partial charge in [0.25, 0.3) is 0 Å². The standard InChI is InChI=1S/C8H7ClF2S/c9-8(10,11)12-6-7-4-2-1-3-5-7/h1-5H,6H2. The summed E-state index contributed by atoms with van der Waals surface area (Å²) < 4.78 is 21.1. The van der Waals surface area contributed by atoms with Gasteiger partial charge < -0.3 is 0 Å². The van der Waals surface area contributed by atoms with Crippen molar-refractivity contribution < 1.29 is 8.78 Å². The Labute approximate surface area is 78.9 Å². The smallest absolute Gasteiger partial charge is 0.177 e. The Balaban J connectivity index is 2.44. The zero-order valence-electron chi connectivity index (χ0n) is 6.14. The first-order chi connectivity index (χ1) is 5.58. The van der Waals surface area contributed by atoms with Crippen molar-refractivity contribution in [3.63, 3.8) is 0 Å². The molecule has 0 bridgehead atoms. The highest BCUT2D eigenvalue weighted by atomic mass is 35.5. The van der Waals surface area contributed by atoms with Crippen molar-refractivity contribution in [2.75, 3.05) is 0 Å². The number of alkyl halides is 3. The molecule has 0 atom stereocenters. The summed E-state index contributed by atoms with van der Waals surface area (Å²) in [5, 5.41) is 0. The molecule has 0 radical (unpaired) electrons. The zero-order valence-corrected chi connectivity index (χ0v) is 7.71. The van der Waals surface area contributed by atoms with Gasteiger partial charge >= 0.3 is 4.71 Å². The van der Waals surface area contributed by atoms with Gasteiger partial charge in [0.15, 0.2) is 0 Å². The van der Waals surface area contributed by atoms with Gasteiger partial charge in [-0.05, 0) is 17.2 Å². The summed E-state index contributed by atoms with van der Waals surface area (Å²) >= 11 is 5.13. The largest absolute Gasteiger partial charge is 0.371 e. The topological polar surface area (TPSA) is 0 Å². The van der Waals surface area contributed by atoms with Crippen molar-refractivity contribution in [1.82, 2.24) is 0 Å². The quantitative estimate of drug-likeness (QED) is 0.683. The van der Waals surface area contributed by atoms with Crippen LogP contribution in [0.3, 0.4) is 0 Å². The maximum absolute atomic E-state index is 12.1. The molecular formula is C8H7ClF2S. The molecular weight excluding hydrogens is 202 g/mol. The van der Waals surface area contributed by atoms with E-state index in [0.29, 0.717) is 11.8 Å². The zero-order chi connectivity index (χ0) is 9.03. The molecule has 1 aromatic rings. The van der Waals surface area contributed by atoms with Crippen LogP contribution in [0.5, 0.6) is 0 Å². The lowest BCUT2D eigenvalue weighted by Gasteiger charge is -2.05. The highest BCUT2D eigenvalue weighted by Crippen LogP contribution is 2.35. The Hall–Kier alpha value is -0.280. The average Bonchev–Trinajstić information content (AvgIpc) is 2.02. The number of halogens is 3. The van der Waals surface area contributed by atoms with E-state index in [9.17, 15) is 8.78 Å². The van der Waals surface area contributed by atoms with Crippen LogP contribution in [-0.4, -0.2) is 4.71 Å². The minimum atomic E-state index is -3.16. The molecule has 0 amide bonds. The number of hydrogen-bond donors (Lipinski definition) is 0. The van der Waals surface area contributed by atoms with Crippen LogP contribution in [0, 0.1) is 0 Å². The Morgan fingerprint density at radius 2 is 1.83 bits per heavy atom. The maximum atomic E-state index is 12.1. The molecule has 66 valence electrons. The van der Waals surface area contributed by atoms with Crippen molar-refractivity contribution in [1.29, 1.82) is 0 Å². The molecule has 1 rings (SSSR count). The summed E-state index contributed by atoms with van der Waals surface area (Å²) in [6.07, 6.45) is 0. The van der Waals surface area contributed by atoms with E-state index >= 15 is 0 Å². The van der Waals surface area contributed by atoms with E-state index in [1.165, 1.54) is 0 Å². The van der Waals surface area contributed by atoms with Gasteiger partial charge in [0.2, 0.25) is 0 Å². The minimum Gasteiger partial charge on any atom is -0.177 e. The second-order valence-electron chi connectivity index (χ2n) is 2.22. The average molecular weight is 209 g/mol. The Morgan fingerprint density at radius 1 is 1.25 bits per heavy atom. The van der Waals surface area contributed by atoms with Crippen LogP contribution in [0.4, 0.5) is 8.78 Å². The molecule has 0 saturated carbocycles. The van der Waals surface area contributed by atoms with Crippen molar-refractivity contribution in [3.8, 4) is 0 Å². The van der Waals surface area contributed by atoms with Crippen LogP contribution in [0.2, 0.25) is 0 Å². The maximum Gasteiger partial charge on any atom is 0.371 e. The molecule has 0 fully saturated rings. The van der Waals surface area contributed by atoms with Crippen LogP contribution in [0.25, 0.3) is 0 Å². The first kappa shape index (κ1) is 9.81. The number of thioether (sulfide) groups is 1. The minimum absolute atomic E-state index is 0.233. The number of hydrogen-bond acceptors (Lipinski definition) is 1. The van der Waals surface area contributed by atoms with Crippen molar-refractivity contribution in [2.24, 2.45) is 0 Å². The molecule has 12 heavy (non-hydrogen) atoms. The summed E-state index contributed by atoms with van der Waals surface area (Å²) in [7, 11) is 0. The molecule has 0 aromatic heterocycles. The second-order valence-corrected chi connectivity index (χ2v) is 4.01. The lowest BCUT2D eigenvalue weighted by Crippen LogP contribution is -1.98. The highest BCUT2D eigenvalue weighted by molar-refractivity contribution is 8.00. The Kier molecular flexibility index (Phi) is 3.35. The van der Waals surface area contributed by atoms with E-state index < -0.39 is 4.71 Å². The third kappa shape index (κ3) is 3.93. The van der Waals surface area contributed by atoms with Crippen molar-refractivity contribution in [3.05, 3.63) is 35.9 Å². The molecule has 4 heteroatoms. The van der Waals surface area contributed by atoms with Gasteiger partial charge in [-0.2, -0.15) is 8.78 Å². The molecule has 0 unspecified atom stereocenters. The van der Waals surface area contributed by atoms with Gasteiger partial charge in [-0.3, -0.25) is 0 Å². The SMILES string of the molecule is FC(F)(Cl)SCc1ccccc1. The first-order valence-electron chi connectivity index (χ1n) is 3.32. The molecule has 0 aliphatic rings. The second kappa shape index (κ2) is 4.10. The molecule has 0 heterocycles. The van der Waals surface area contributed by atoms with Gasteiger partial charge in [-0.1, -0.05) is 42.1 Å². The lowest BCUT2D eigenvalue weighted by molar-refractivity contribution is 0.203. The fourth-order valence-corrected chi connectivity index (χ4v) is 1.43. The van der Waals surface area contributed by atoms with Crippen LogP contribution >= 0.6 is 23.4 Å². The van der Waals surface area contributed by atoms with E-state index in [4.69, 9.17) is 11.6 Å². The molecule has 0 N–H and O–H groups in total. The Bertz CT molecular complexity index is 233. The van der Waals surface area contributed by atoms with E-state index in [-0.39, 0.29) is 5.75 Å². The summed E-state index contributed by atoms with van der Waals surface area (Å²) in [5.41, 5.74) is 0.850. The predicted molar refractivity (Wildman–Crippen MR) is 48.5 cm³/mol. The van der Waals surface area contributed by atoms with Crippen LogP contribution in [0.1, 0.15) is 5.56 Å². The highest BCUT2D eigenvalue weighted by Gasteiger charge is 2.24. The molecule has 1 aromatic carbocycles. The summed E-state index contributed by atoms with van der Waals surface area (Å²) in [4.78, 5) is 0. The Morgan fingerprint density at radius 3 is 2.33 bits per heavy atom.